The number of amides is 1. The fourth-order valence-corrected chi connectivity index (χ4v) is 1.60. The molecule has 2 aromatic heterocycles. The molecule has 5 nitrogen and oxygen atoms in total. The molecule has 2 aromatic rings. The second kappa shape index (κ2) is 5.00. The van der Waals surface area contributed by atoms with Gasteiger partial charge < -0.3 is 5.32 Å². The van der Waals surface area contributed by atoms with Gasteiger partial charge in [0.2, 0.25) is 0 Å². The first kappa shape index (κ1) is 12.3. The van der Waals surface area contributed by atoms with Gasteiger partial charge in [-0.3, -0.25) is 14.9 Å². The van der Waals surface area contributed by atoms with Crippen LogP contribution >= 0.6 is 0 Å². The van der Waals surface area contributed by atoms with Crippen LogP contribution in [0.4, 0.5) is 5.82 Å². The first-order valence-electron chi connectivity index (χ1n) is 5.86. The maximum Gasteiger partial charge on any atom is 0.258 e. The number of nitrogens with one attached hydrogen (secondary N) is 2. The monoisotopic (exact) mass is 244 g/mol. The average molecular weight is 244 g/mol. The predicted octanol–water partition coefficient (Wildman–Crippen LogP) is 2.49. The van der Waals surface area contributed by atoms with Crippen LogP contribution in [0.25, 0.3) is 0 Å². The molecule has 18 heavy (non-hydrogen) atoms. The number of nitrogens with zero attached hydrogens (tertiary/aromatic N) is 2. The van der Waals surface area contributed by atoms with Crippen molar-refractivity contribution in [2.24, 2.45) is 0 Å². The van der Waals surface area contributed by atoms with Crippen LogP contribution in [0.5, 0.6) is 0 Å². The summed E-state index contributed by atoms with van der Waals surface area (Å²) in [5, 5.41) is 9.70. The molecule has 0 saturated heterocycles. The highest BCUT2D eigenvalue weighted by Gasteiger charge is 2.12. The Bertz CT molecular complexity index is 560. The van der Waals surface area contributed by atoms with Crippen LogP contribution in [0.1, 0.15) is 41.5 Å². The van der Waals surface area contributed by atoms with Crippen LogP contribution in [0.3, 0.4) is 0 Å². The van der Waals surface area contributed by atoms with Crippen LogP contribution in [0.2, 0.25) is 0 Å². The van der Waals surface area contributed by atoms with Crippen molar-refractivity contribution in [3.63, 3.8) is 0 Å². The van der Waals surface area contributed by atoms with Gasteiger partial charge in [0.05, 0.1) is 5.56 Å². The lowest BCUT2D eigenvalue weighted by Gasteiger charge is -2.03. The maximum atomic E-state index is 12.0. The molecular formula is C13H16N4O. The van der Waals surface area contributed by atoms with Crippen LogP contribution in [0, 0.1) is 6.92 Å². The van der Waals surface area contributed by atoms with E-state index in [-0.39, 0.29) is 5.91 Å². The summed E-state index contributed by atoms with van der Waals surface area (Å²) in [7, 11) is 0. The SMILES string of the molecule is Cc1ncccc1C(=O)Nc1cc(C(C)C)[nH]n1. The summed E-state index contributed by atoms with van der Waals surface area (Å²) in [6.07, 6.45) is 1.66. The van der Waals surface area contributed by atoms with Gasteiger partial charge in [-0.1, -0.05) is 13.8 Å². The second-order valence-corrected chi connectivity index (χ2v) is 4.45. The van der Waals surface area contributed by atoms with Crippen molar-refractivity contribution in [1.82, 2.24) is 15.2 Å². The van der Waals surface area contributed by atoms with Crippen LogP contribution in [-0.2, 0) is 0 Å². The van der Waals surface area contributed by atoms with E-state index in [1.807, 2.05) is 6.07 Å². The van der Waals surface area contributed by atoms with Gasteiger partial charge in [-0.2, -0.15) is 5.10 Å². The van der Waals surface area contributed by atoms with Crippen molar-refractivity contribution in [3.05, 3.63) is 41.3 Å². The molecular weight excluding hydrogens is 228 g/mol. The van der Waals surface area contributed by atoms with Gasteiger partial charge in [0.25, 0.3) is 5.91 Å². The summed E-state index contributed by atoms with van der Waals surface area (Å²) in [6, 6.07) is 5.33. The normalized spacial score (nSPS) is 10.7. The Kier molecular flexibility index (Phi) is 3.41. The first-order chi connectivity index (χ1) is 8.58. The summed E-state index contributed by atoms with van der Waals surface area (Å²) < 4.78 is 0. The van der Waals surface area contributed by atoms with Gasteiger partial charge in [-0.25, -0.2) is 0 Å². The quantitative estimate of drug-likeness (QED) is 0.871. The topological polar surface area (TPSA) is 70.7 Å². The maximum absolute atomic E-state index is 12.0. The van der Waals surface area contributed by atoms with E-state index < -0.39 is 0 Å². The number of hydrogen-bond donors (Lipinski definition) is 2. The molecule has 0 aliphatic carbocycles. The highest BCUT2D eigenvalue weighted by molar-refractivity contribution is 6.04. The van der Waals surface area contributed by atoms with E-state index in [1.54, 1.807) is 25.3 Å². The highest BCUT2D eigenvalue weighted by atomic mass is 16.1. The van der Waals surface area contributed by atoms with Crippen molar-refractivity contribution in [3.8, 4) is 0 Å². The van der Waals surface area contributed by atoms with E-state index in [0.717, 1.165) is 5.69 Å². The minimum atomic E-state index is -0.192. The van der Waals surface area contributed by atoms with Crippen molar-refractivity contribution in [2.45, 2.75) is 26.7 Å². The van der Waals surface area contributed by atoms with Gasteiger partial charge in [0.1, 0.15) is 0 Å². The zero-order chi connectivity index (χ0) is 13.1. The third-order valence-corrected chi connectivity index (χ3v) is 2.71. The van der Waals surface area contributed by atoms with Gasteiger partial charge in [-0.05, 0) is 25.0 Å². The Hall–Kier alpha value is -2.17. The number of rotatable bonds is 3. The number of aryl methyl sites for hydroxylation is 1. The third kappa shape index (κ3) is 2.56. The number of carbonyl (C=O) groups is 1. The van der Waals surface area contributed by atoms with Gasteiger partial charge in [-0.15, -0.1) is 0 Å². The van der Waals surface area contributed by atoms with Crippen molar-refractivity contribution in [2.75, 3.05) is 5.32 Å². The fraction of sp³-hybridized carbons (Fsp3) is 0.308. The van der Waals surface area contributed by atoms with Crippen molar-refractivity contribution < 1.29 is 4.79 Å². The minimum Gasteiger partial charge on any atom is -0.305 e. The Morgan fingerprint density at radius 1 is 1.44 bits per heavy atom. The Balaban J connectivity index is 2.14. The average Bonchev–Trinajstić information content (AvgIpc) is 2.78. The van der Waals surface area contributed by atoms with Gasteiger partial charge in [0, 0.05) is 23.7 Å². The van der Waals surface area contributed by atoms with Crippen LogP contribution in [0.15, 0.2) is 24.4 Å². The number of H-pyrrole nitrogens is 1. The lowest BCUT2D eigenvalue weighted by Crippen LogP contribution is -2.14. The Morgan fingerprint density at radius 2 is 2.22 bits per heavy atom. The summed E-state index contributed by atoms with van der Waals surface area (Å²) in [5.41, 5.74) is 2.26. The smallest absolute Gasteiger partial charge is 0.258 e. The molecule has 0 unspecified atom stereocenters. The number of anilines is 1. The molecule has 2 N–H and O–H groups in total. The van der Waals surface area contributed by atoms with E-state index >= 15 is 0 Å². The predicted molar refractivity (Wildman–Crippen MR) is 69.6 cm³/mol. The molecule has 94 valence electrons. The number of aromatic nitrogens is 3. The fourth-order valence-electron chi connectivity index (χ4n) is 1.60. The van der Waals surface area contributed by atoms with Crippen molar-refractivity contribution in [1.29, 1.82) is 0 Å². The van der Waals surface area contributed by atoms with Crippen molar-refractivity contribution >= 4 is 11.7 Å². The number of aromatic amines is 1. The summed E-state index contributed by atoms with van der Waals surface area (Å²) in [5.74, 6) is 0.692. The standard InChI is InChI=1S/C13H16N4O/c1-8(2)11-7-12(17-16-11)15-13(18)10-5-4-6-14-9(10)3/h4-8H,1-3H3,(H2,15,16,17,18). The minimum absolute atomic E-state index is 0.192. The Labute approximate surface area is 106 Å². The molecule has 5 heteroatoms. The van der Waals surface area contributed by atoms with E-state index in [9.17, 15) is 4.79 Å². The van der Waals surface area contributed by atoms with E-state index in [0.29, 0.717) is 23.0 Å². The molecule has 0 bridgehead atoms. The number of hydrogen-bond acceptors (Lipinski definition) is 3. The molecule has 0 spiro atoms. The summed E-state index contributed by atoms with van der Waals surface area (Å²) in [6.45, 7) is 5.92. The largest absolute Gasteiger partial charge is 0.305 e. The molecule has 0 aromatic carbocycles. The summed E-state index contributed by atoms with van der Waals surface area (Å²) >= 11 is 0. The molecule has 0 aliphatic rings. The number of carbonyl (C=O) groups excluding carboxylic acids is 1. The lowest BCUT2D eigenvalue weighted by atomic mass is 10.1. The number of pyridine rings is 1. The Morgan fingerprint density at radius 3 is 2.83 bits per heavy atom. The molecule has 0 saturated carbocycles. The zero-order valence-electron chi connectivity index (χ0n) is 10.7. The first-order valence-corrected chi connectivity index (χ1v) is 5.86. The third-order valence-electron chi connectivity index (χ3n) is 2.71. The molecule has 0 fully saturated rings. The zero-order valence-corrected chi connectivity index (χ0v) is 10.7. The highest BCUT2D eigenvalue weighted by Crippen LogP contribution is 2.15. The molecule has 0 atom stereocenters. The van der Waals surface area contributed by atoms with Crippen LogP contribution in [-0.4, -0.2) is 21.1 Å². The van der Waals surface area contributed by atoms with Gasteiger partial charge >= 0.3 is 0 Å². The van der Waals surface area contributed by atoms with E-state index in [4.69, 9.17) is 0 Å². The van der Waals surface area contributed by atoms with E-state index in [1.165, 1.54) is 0 Å². The molecule has 1 amide bonds. The lowest BCUT2D eigenvalue weighted by molar-refractivity contribution is 0.102. The van der Waals surface area contributed by atoms with Crippen LogP contribution < -0.4 is 5.32 Å². The molecule has 2 rings (SSSR count). The molecule has 2 heterocycles. The van der Waals surface area contributed by atoms with Gasteiger partial charge in [0.15, 0.2) is 5.82 Å². The van der Waals surface area contributed by atoms with E-state index in [2.05, 4.69) is 34.3 Å². The molecule has 0 aliphatic heterocycles. The summed E-state index contributed by atoms with van der Waals surface area (Å²) in [4.78, 5) is 16.1. The second-order valence-electron chi connectivity index (χ2n) is 4.45. The molecule has 0 radical (unpaired) electrons.